The molecule has 330 valence electrons. The Bertz CT molecular complexity index is 1760. The lowest BCUT2D eigenvalue weighted by molar-refractivity contribution is -0.143. The molecule has 0 aliphatic heterocycles. The fraction of sp³-hybridized carbons (Fsp3) is 0.609. The minimum atomic E-state index is -1.55. The van der Waals surface area contributed by atoms with Crippen molar-refractivity contribution in [3.8, 4) is 0 Å². The molecule has 5 amide bonds. The molecule has 0 spiro atoms. The van der Waals surface area contributed by atoms with Crippen LogP contribution in [0.15, 0.2) is 54.6 Å². The van der Waals surface area contributed by atoms with Crippen LogP contribution in [0.4, 0.5) is 0 Å². The third-order valence-corrected chi connectivity index (χ3v) is 12.0. The number of carboxylic acids is 1. The summed E-state index contributed by atoms with van der Waals surface area (Å²) in [5.74, 6) is -3.02. The van der Waals surface area contributed by atoms with Gasteiger partial charge in [-0.3, -0.25) is 24.0 Å². The lowest BCUT2D eigenvalue weighted by Gasteiger charge is -2.31. The average Bonchev–Trinajstić information content (AvgIpc) is 3.84. The predicted molar refractivity (Wildman–Crippen MR) is 230 cm³/mol. The Morgan fingerprint density at radius 2 is 1.35 bits per heavy atom. The molecule has 2 aliphatic carbocycles. The molecule has 0 radical (unpaired) electrons. The van der Waals surface area contributed by atoms with Crippen molar-refractivity contribution in [1.29, 1.82) is 0 Å². The van der Waals surface area contributed by atoms with Crippen molar-refractivity contribution in [2.24, 2.45) is 17.8 Å². The van der Waals surface area contributed by atoms with E-state index in [4.69, 9.17) is 0 Å². The normalized spacial score (nSPS) is 19.8. The highest BCUT2D eigenvalue weighted by Crippen LogP contribution is 2.46. The Hall–Kier alpha value is -4.82. The summed E-state index contributed by atoms with van der Waals surface area (Å²) in [5.41, 5.74) is 2.13. The molecule has 0 aromatic heterocycles. The van der Waals surface area contributed by atoms with Crippen molar-refractivity contribution in [3.63, 3.8) is 0 Å². The van der Waals surface area contributed by atoms with Crippen LogP contribution < -0.4 is 26.6 Å². The lowest BCUT2D eigenvalue weighted by atomic mass is 9.86. The molecule has 0 saturated heterocycles. The van der Waals surface area contributed by atoms with E-state index in [1.807, 2.05) is 56.3 Å². The SMILES string of the molecule is CC(C)CC(NC(=O)C(C)NC(=O)C(Cc1ccccc1)NC(=O)c1ccc(C(C)(C)C)cc1)C(=O)NC(CCCCN(C)C1CC2CCC1C2)C(=O)NC(CO)C(=O)O. The number of hydrogen-bond acceptors (Lipinski definition) is 8. The maximum atomic E-state index is 13.9. The first-order valence-electron chi connectivity index (χ1n) is 21.6. The molecule has 8 unspecified atom stereocenters. The number of amides is 5. The second kappa shape index (κ2) is 22.1. The van der Waals surface area contributed by atoms with E-state index in [1.54, 1.807) is 12.1 Å². The second-order valence-electron chi connectivity index (χ2n) is 18.3. The van der Waals surface area contributed by atoms with Crippen LogP contribution in [0.25, 0.3) is 0 Å². The van der Waals surface area contributed by atoms with Crippen molar-refractivity contribution in [3.05, 3.63) is 71.3 Å². The highest BCUT2D eigenvalue weighted by atomic mass is 16.4. The summed E-state index contributed by atoms with van der Waals surface area (Å²) >= 11 is 0. The number of carboxylic acid groups (broad SMARTS) is 1. The number of fused-ring (bicyclic) bond motifs is 2. The predicted octanol–water partition coefficient (Wildman–Crippen LogP) is 3.70. The smallest absolute Gasteiger partial charge is 0.328 e. The molecule has 4 rings (SSSR count). The van der Waals surface area contributed by atoms with Crippen molar-refractivity contribution in [2.75, 3.05) is 20.2 Å². The second-order valence-corrected chi connectivity index (χ2v) is 18.3. The van der Waals surface area contributed by atoms with Gasteiger partial charge in [-0.05, 0) is 112 Å². The standard InChI is InChI=1S/C46H68N6O8/c1-28(2)23-36(44(58)48-35(42(56)51-38(27-53)45(59)60)15-11-12-22-52(7)39-26-31-16-17-33(39)24-31)49-40(54)29(3)47-43(57)37(25-30-13-9-8-10-14-30)50-41(55)32-18-20-34(21-19-32)46(4,5)6/h8-10,13-14,18-21,28-29,31,33,35-39,53H,11-12,15-17,22-27H2,1-7H3,(H,47,57)(H,48,58)(H,49,54)(H,50,55)(H,51,56)(H,59,60). The Kier molecular flexibility index (Phi) is 17.7. The Labute approximate surface area is 355 Å². The molecular formula is C46H68N6O8. The van der Waals surface area contributed by atoms with Gasteiger partial charge in [-0.1, -0.05) is 83.5 Å². The highest BCUT2D eigenvalue weighted by molar-refractivity contribution is 5.99. The number of rotatable bonds is 22. The van der Waals surface area contributed by atoms with Gasteiger partial charge in [0.25, 0.3) is 5.91 Å². The first-order chi connectivity index (χ1) is 28.4. The first-order valence-corrected chi connectivity index (χ1v) is 21.6. The molecule has 14 nitrogen and oxygen atoms in total. The van der Waals surface area contributed by atoms with Crippen molar-refractivity contribution in [1.82, 2.24) is 31.5 Å². The Morgan fingerprint density at radius 3 is 1.92 bits per heavy atom. The van der Waals surface area contributed by atoms with E-state index < -0.39 is 72.3 Å². The molecule has 2 aliphatic rings. The van der Waals surface area contributed by atoms with Crippen LogP contribution in [-0.4, -0.2) is 107 Å². The van der Waals surface area contributed by atoms with Gasteiger partial charge >= 0.3 is 5.97 Å². The largest absolute Gasteiger partial charge is 0.480 e. The molecule has 0 heterocycles. The zero-order chi connectivity index (χ0) is 44.1. The summed E-state index contributed by atoms with van der Waals surface area (Å²) < 4.78 is 0. The minimum absolute atomic E-state index is 0.0617. The third kappa shape index (κ3) is 14.1. The van der Waals surface area contributed by atoms with E-state index in [0.29, 0.717) is 18.0 Å². The topological polar surface area (TPSA) is 206 Å². The summed E-state index contributed by atoms with van der Waals surface area (Å²) in [5, 5.41) is 32.4. The summed E-state index contributed by atoms with van der Waals surface area (Å²) in [6.45, 7) is 11.5. The van der Waals surface area contributed by atoms with E-state index in [-0.39, 0.29) is 30.6 Å². The van der Waals surface area contributed by atoms with E-state index >= 15 is 0 Å². The molecule has 60 heavy (non-hydrogen) atoms. The van der Waals surface area contributed by atoms with Gasteiger partial charge < -0.3 is 41.7 Å². The van der Waals surface area contributed by atoms with E-state index in [1.165, 1.54) is 32.6 Å². The molecule has 2 aromatic rings. The maximum Gasteiger partial charge on any atom is 0.328 e. The van der Waals surface area contributed by atoms with Crippen LogP contribution in [0.2, 0.25) is 0 Å². The summed E-state index contributed by atoms with van der Waals surface area (Å²) in [6, 6.07) is 11.0. The zero-order valence-corrected chi connectivity index (χ0v) is 36.5. The van der Waals surface area contributed by atoms with Crippen LogP contribution in [0, 0.1) is 17.8 Å². The van der Waals surface area contributed by atoms with Crippen LogP contribution in [0.1, 0.15) is 114 Å². The number of hydrogen-bond donors (Lipinski definition) is 7. The van der Waals surface area contributed by atoms with Gasteiger partial charge in [0.15, 0.2) is 0 Å². The Morgan fingerprint density at radius 1 is 0.733 bits per heavy atom. The summed E-state index contributed by atoms with van der Waals surface area (Å²) in [6.07, 6.45) is 6.97. The number of nitrogens with zero attached hydrogens (tertiary/aromatic N) is 1. The molecular weight excluding hydrogens is 765 g/mol. The first kappa shape index (κ1) is 47.9. The third-order valence-electron chi connectivity index (χ3n) is 12.0. The van der Waals surface area contributed by atoms with Gasteiger partial charge in [-0.25, -0.2) is 4.79 Å². The molecule has 2 aromatic carbocycles. The number of carbonyl (C=O) groups excluding carboxylic acids is 5. The van der Waals surface area contributed by atoms with E-state index in [0.717, 1.165) is 35.9 Å². The molecule has 8 atom stereocenters. The monoisotopic (exact) mass is 833 g/mol. The number of nitrogens with one attached hydrogen (secondary N) is 5. The molecule has 2 bridgehead atoms. The molecule has 7 N–H and O–H groups in total. The van der Waals surface area contributed by atoms with Gasteiger partial charge in [0.1, 0.15) is 30.2 Å². The van der Waals surface area contributed by atoms with Gasteiger partial charge in [-0.2, -0.15) is 0 Å². The molecule has 2 saturated carbocycles. The maximum absolute atomic E-state index is 13.9. The number of aliphatic carboxylic acids is 1. The molecule has 14 heteroatoms. The quantitative estimate of drug-likeness (QED) is 0.0863. The fourth-order valence-electron chi connectivity index (χ4n) is 8.43. The van der Waals surface area contributed by atoms with Gasteiger partial charge in [-0.15, -0.1) is 0 Å². The van der Waals surface area contributed by atoms with E-state index in [9.17, 15) is 39.0 Å². The Balaban J connectivity index is 1.41. The zero-order valence-electron chi connectivity index (χ0n) is 36.5. The summed E-state index contributed by atoms with van der Waals surface area (Å²) in [7, 11) is 2.13. The van der Waals surface area contributed by atoms with Crippen LogP contribution >= 0.6 is 0 Å². The van der Waals surface area contributed by atoms with Gasteiger partial charge in [0.05, 0.1) is 6.61 Å². The average molecular weight is 833 g/mol. The van der Waals surface area contributed by atoms with Gasteiger partial charge in [0, 0.05) is 18.0 Å². The minimum Gasteiger partial charge on any atom is -0.480 e. The lowest BCUT2D eigenvalue weighted by Crippen LogP contribution is -2.58. The number of aliphatic hydroxyl groups excluding tert-OH is 1. The number of aliphatic hydroxyl groups is 1. The van der Waals surface area contributed by atoms with Crippen molar-refractivity contribution < 1.29 is 39.0 Å². The van der Waals surface area contributed by atoms with E-state index in [2.05, 4.69) is 59.3 Å². The number of carbonyl (C=O) groups is 6. The molecule has 2 fully saturated rings. The van der Waals surface area contributed by atoms with Crippen molar-refractivity contribution in [2.45, 2.75) is 141 Å². The van der Waals surface area contributed by atoms with Crippen LogP contribution in [-0.2, 0) is 35.8 Å². The highest BCUT2D eigenvalue weighted by Gasteiger charge is 2.41. The number of unbranched alkanes of at least 4 members (excludes halogenated alkanes) is 1. The van der Waals surface area contributed by atoms with Crippen LogP contribution in [0.5, 0.6) is 0 Å². The fourth-order valence-corrected chi connectivity index (χ4v) is 8.43. The van der Waals surface area contributed by atoms with Gasteiger partial charge in [0.2, 0.25) is 23.6 Å². The van der Waals surface area contributed by atoms with Crippen LogP contribution in [0.3, 0.4) is 0 Å². The summed E-state index contributed by atoms with van der Waals surface area (Å²) in [4.78, 5) is 82.2. The van der Waals surface area contributed by atoms with Crippen molar-refractivity contribution >= 4 is 35.5 Å². The number of benzene rings is 2.